The number of anilines is 2. The molecule has 130 valence electrons. The molecule has 25 heavy (non-hydrogen) atoms. The fourth-order valence-corrected chi connectivity index (χ4v) is 2.60. The van der Waals surface area contributed by atoms with Crippen LogP contribution >= 0.6 is 0 Å². The molecule has 1 aromatic heterocycles. The molecular formula is C17H18FN5O2. The van der Waals surface area contributed by atoms with Crippen molar-refractivity contribution in [2.24, 2.45) is 0 Å². The molecule has 2 amide bonds. The maximum atomic E-state index is 13.2. The number of piperazine rings is 1. The van der Waals surface area contributed by atoms with Gasteiger partial charge in [-0.3, -0.25) is 9.59 Å². The first-order chi connectivity index (χ1) is 12.0. The first-order valence-electron chi connectivity index (χ1n) is 7.92. The van der Waals surface area contributed by atoms with E-state index in [0.29, 0.717) is 37.7 Å². The van der Waals surface area contributed by atoms with Crippen molar-refractivity contribution >= 4 is 23.3 Å². The van der Waals surface area contributed by atoms with Gasteiger partial charge < -0.3 is 15.1 Å². The largest absolute Gasteiger partial charge is 0.339 e. The van der Waals surface area contributed by atoms with Gasteiger partial charge in [-0.25, -0.2) is 14.4 Å². The van der Waals surface area contributed by atoms with Crippen molar-refractivity contribution in [3.63, 3.8) is 0 Å². The summed E-state index contributed by atoms with van der Waals surface area (Å²) in [6.07, 6.45) is 2.82. The Bertz CT molecular complexity index is 773. The van der Waals surface area contributed by atoms with E-state index in [1.807, 2.05) is 0 Å². The maximum absolute atomic E-state index is 13.2. The summed E-state index contributed by atoms with van der Waals surface area (Å²) in [6.45, 7) is 3.52. The van der Waals surface area contributed by atoms with E-state index < -0.39 is 0 Å². The van der Waals surface area contributed by atoms with Gasteiger partial charge in [-0.05, 0) is 18.2 Å². The predicted octanol–water partition coefficient (Wildman–Crippen LogP) is 1.66. The van der Waals surface area contributed by atoms with Crippen molar-refractivity contribution in [3.8, 4) is 0 Å². The first-order valence-corrected chi connectivity index (χ1v) is 7.92. The lowest BCUT2D eigenvalue weighted by Crippen LogP contribution is -2.50. The van der Waals surface area contributed by atoms with E-state index in [0.717, 1.165) is 0 Å². The van der Waals surface area contributed by atoms with E-state index in [1.54, 1.807) is 21.9 Å². The number of rotatable bonds is 3. The molecule has 1 saturated heterocycles. The van der Waals surface area contributed by atoms with E-state index in [9.17, 15) is 14.0 Å². The van der Waals surface area contributed by atoms with Crippen LogP contribution in [0.2, 0.25) is 0 Å². The van der Waals surface area contributed by atoms with Crippen molar-refractivity contribution in [2.75, 3.05) is 31.5 Å². The van der Waals surface area contributed by atoms with E-state index in [2.05, 4.69) is 15.3 Å². The van der Waals surface area contributed by atoms with Crippen LogP contribution < -0.4 is 5.32 Å². The van der Waals surface area contributed by atoms with Crippen molar-refractivity contribution in [2.45, 2.75) is 6.92 Å². The summed E-state index contributed by atoms with van der Waals surface area (Å²) < 4.78 is 13.2. The number of carbonyl (C=O) groups excluding carboxylic acids is 2. The lowest BCUT2D eigenvalue weighted by Gasteiger charge is -2.33. The number of hydrogen-bond donors (Lipinski definition) is 1. The summed E-state index contributed by atoms with van der Waals surface area (Å²) in [5, 5.41) is 2.93. The predicted molar refractivity (Wildman–Crippen MR) is 89.9 cm³/mol. The highest BCUT2D eigenvalue weighted by atomic mass is 19.1. The zero-order valence-corrected chi connectivity index (χ0v) is 13.8. The molecule has 0 radical (unpaired) electrons. The van der Waals surface area contributed by atoms with Crippen molar-refractivity contribution in [1.29, 1.82) is 0 Å². The SMILES string of the molecule is CC(=O)N1CCN(C(=O)c2cnc(Nc3cccc(F)c3)cn2)CC1. The Kier molecular flexibility index (Phi) is 4.87. The second-order valence-corrected chi connectivity index (χ2v) is 5.72. The normalized spacial score (nSPS) is 14.3. The van der Waals surface area contributed by atoms with Crippen LogP contribution in [0.3, 0.4) is 0 Å². The number of hydrogen-bond acceptors (Lipinski definition) is 5. The Balaban J connectivity index is 1.62. The van der Waals surface area contributed by atoms with Crippen LogP contribution in [0.15, 0.2) is 36.7 Å². The molecular weight excluding hydrogens is 325 g/mol. The van der Waals surface area contributed by atoms with E-state index in [-0.39, 0.29) is 23.3 Å². The first kappa shape index (κ1) is 16.8. The molecule has 7 nitrogen and oxygen atoms in total. The number of halogens is 1. The molecule has 0 aliphatic carbocycles. The zero-order valence-electron chi connectivity index (χ0n) is 13.8. The number of nitrogens with one attached hydrogen (secondary N) is 1. The van der Waals surface area contributed by atoms with Crippen LogP contribution in [0.4, 0.5) is 15.9 Å². The molecule has 3 rings (SSSR count). The average Bonchev–Trinajstić information content (AvgIpc) is 2.62. The second kappa shape index (κ2) is 7.25. The summed E-state index contributed by atoms with van der Waals surface area (Å²) in [5.41, 5.74) is 0.787. The number of amides is 2. The van der Waals surface area contributed by atoms with Gasteiger partial charge in [0.2, 0.25) is 5.91 Å². The Morgan fingerprint density at radius 3 is 2.40 bits per heavy atom. The minimum Gasteiger partial charge on any atom is -0.339 e. The van der Waals surface area contributed by atoms with Crippen LogP contribution in [-0.2, 0) is 4.79 Å². The highest BCUT2D eigenvalue weighted by molar-refractivity contribution is 5.92. The van der Waals surface area contributed by atoms with Gasteiger partial charge in [0, 0.05) is 38.8 Å². The van der Waals surface area contributed by atoms with Gasteiger partial charge in [-0.1, -0.05) is 6.07 Å². The van der Waals surface area contributed by atoms with Crippen molar-refractivity contribution < 1.29 is 14.0 Å². The summed E-state index contributed by atoms with van der Waals surface area (Å²) in [4.78, 5) is 35.4. The smallest absolute Gasteiger partial charge is 0.274 e. The molecule has 0 spiro atoms. The number of nitrogens with zero attached hydrogens (tertiary/aromatic N) is 4. The second-order valence-electron chi connectivity index (χ2n) is 5.72. The molecule has 1 aromatic carbocycles. The molecule has 1 aliphatic rings. The monoisotopic (exact) mass is 343 g/mol. The standard InChI is InChI=1S/C17H18FN5O2/c1-12(24)22-5-7-23(8-6-22)17(25)15-10-20-16(11-19-15)21-14-4-2-3-13(18)9-14/h2-4,9-11H,5-8H2,1H3,(H,20,21). The molecule has 2 aromatic rings. The fraction of sp³-hybridized carbons (Fsp3) is 0.294. The lowest BCUT2D eigenvalue weighted by atomic mass is 10.2. The van der Waals surface area contributed by atoms with Gasteiger partial charge in [0.05, 0.1) is 12.4 Å². The van der Waals surface area contributed by atoms with Crippen molar-refractivity contribution in [3.05, 3.63) is 48.2 Å². The molecule has 1 fully saturated rings. The topological polar surface area (TPSA) is 78.4 Å². The molecule has 0 bridgehead atoms. The third-order valence-corrected chi connectivity index (χ3v) is 3.98. The van der Waals surface area contributed by atoms with Gasteiger partial charge in [0.1, 0.15) is 17.3 Å². The number of benzene rings is 1. The summed E-state index contributed by atoms with van der Waals surface area (Å²) >= 11 is 0. The molecule has 0 unspecified atom stereocenters. The zero-order chi connectivity index (χ0) is 17.8. The highest BCUT2D eigenvalue weighted by Gasteiger charge is 2.24. The van der Waals surface area contributed by atoms with Gasteiger partial charge in [0.25, 0.3) is 5.91 Å². The minimum atomic E-state index is -0.352. The molecule has 8 heteroatoms. The van der Waals surface area contributed by atoms with Crippen LogP contribution in [0.5, 0.6) is 0 Å². The summed E-state index contributed by atoms with van der Waals surface area (Å²) in [6, 6.07) is 5.99. The van der Waals surface area contributed by atoms with Gasteiger partial charge >= 0.3 is 0 Å². The quantitative estimate of drug-likeness (QED) is 0.917. The number of aromatic nitrogens is 2. The summed E-state index contributed by atoms with van der Waals surface area (Å²) in [5.74, 6) is -0.134. The average molecular weight is 343 g/mol. The van der Waals surface area contributed by atoms with E-state index in [1.165, 1.54) is 31.5 Å². The van der Waals surface area contributed by atoms with E-state index >= 15 is 0 Å². The molecule has 2 heterocycles. The Labute approximate surface area is 144 Å². The third-order valence-electron chi connectivity index (χ3n) is 3.98. The lowest BCUT2D eigenvalue weighted by molar-refractivity contribution is -0.130. The molecule has 1 N–H and O–H groups in total. The number of carbonyl (C=O) groups is 2. The molecule has 1 aliphatic heterocycles. The Morgan fingerprint density at radius 2 is 1.80 bits per heavy atom. The summed E-state index contributed by atoms with van der Waals surface area (Å²) in [7, 11) is 0. The van der Waals surface area contributed by atoms with Gasteiger partial charge in [-0.15, -0.1) is 0 Å². The van der Waals surface area contributed by atoms with E-state index in [4.69, 9.17) is 0 Å². The maximum Gasteiger partial charge on any atom is 0.274 e. The Morgan fingerprint density at radius 1 is 1.08 bits per heavy atom. The van der Waals surface area contributed by atoms with Gasteiger partial charge in [-0.2, -0.15) is 0 Å². The molecule has 0 atom stereocenters. The fourth-order valence-electron chi connectivity index (χ4n) is 2.60. The Hall–Kier alpha value is -3.03. The van der Waals surface area contributed by atoms with Crippen LogP contribution in [0.25, 0.3) is 0 Å². The van der Waals surface area contributed by atoms with Crippen molar-refractivity contribution in [1.82, 2.24) is 19.8 Å². The third kappa shape index (κ3) is 4.09. The van der Waals surface area contributed by atoms with Crippen LogP contribution in [-0.4, -0.2) is 57.8 Å². The van der Waals surface area contributed by atoms with Gasteiger partial charge in [0.15, 0.2) is 0 Å². The minimum absolute atomic E-state index is 0.0136. The molecule has 0 saturated carbocycles. The van der Waals surface area contributed by atoms with Crippen LogP contribution in [0.1, 0.15) is 17.4 Å². The van der Waals surface area contributed by atoms with Crippen LogP contribution in [0, 0.1) is 5.82 Å². The highest BCUT2D eigenvalue weighted by Crippen LogP contribution is 2.15.